The molecule has 0 aromatic heterocycles. The summed E-state index contributed by atoms with van der Waals surface area (Å²) in [4.78, 5) is 0. The molecule has 148 valence electrons. The zero-order valence-electron chi connectivity index (χ0n) is 16.4. The van der Waals surface area contributed by atoms with Crippen molar-refractivity contribution in [3.05, 3.63) is 53.6 Å². The van der Waals surface area contributed by atoms with Gasteiger partial charge in [-0.15, -0.1) is 0 Å². The van der Waals surface area contributed by atoms with Gasteiger partial charge in [-0.25, -0.2) is 0 Å². The van der Waals surface area contributed by atoms with Crippen LogP contribution in [0, 0.1) is 0 Å². The number of ether oxygens (including phenoxy) is 4. The molecular weight excluding hydrogens is 346 g/mol. The van der Waals surface area contributed by atoms with Crippen LogP contribution in [0.2, 0.25) is 0 Å². The minimum atomic E-state index is -0.599. The van der Waals surface area contributed by atoms with Crippen molar-refractivity contribution in [3.63, 3.8) is 0 Å². The summed E-state index contributed by atoms with van der Waals surface area (Å²) in [5.74, 6) is 1.70. The molecule has 0 aliphatic carbocycles. The molecule has 2 atom stereocenters. The van der Waals surface area contributed by atoms with Crippen molar-refractivity contribution in [2.45, 2.75) is 25.7 Å². The maximum absolute atomic E-state index is 10.1. The monoisotopic (exact) mass is 375 g/mol. The van der Waals surface area contributed by atoms with Crippen LogP contribution < -0.4 is 19.5 Å². The molecule has 0 saturated heterocycles. The lowest BCUT2D eigenvalue weighted by Crippen LogP contribution is -2.32. The number of methoxy groups -OCH3 is 3. The van der Waals surface area contributed by atoms with Gasteiger partial charge in [-0.05, 0) is 30.2 Å². The van der Waals surface area contributed by atoms with Gasteiger partial charge in [-0.2, -0.15) is 0 Å². The summed E-state index contributed by atoms with van der Waals surface area (Å²) in [6.45, 7) is 3.08. The van der Waals surface area contributed by atoms with E-state index in [1.165, 1.54) is 5.56 Å². The van der Waals surface area contributed by atoms with Crippen LogP contribution in [0.1, 0.15) is 24.1 Å². The van der Waals surface area contributed by atoms with Crippen molar-refractivity contribution >= 4 is 0 Å². The van der Waals surface area contributed by atoms with Gasteiger partial charge in [0.05, 0.1) is 40.6 Å². The largest absolute Gasteiger partial charge is 0.493 e. The van der Waals surface area contributed by atoms with E-state index >= 15 is 0 Å². The summed E-state index contributed by atoms with van der Waals surface area (Å²) in [5, 5.41) is 13.5. The smallest absolute Gasteiger partial charge is 0.203 e. The van der Waals surface area contributed by atoms with Crippen LogP contribution in [-0.2, 0) is 11.3 Å². The molecule has 0 radical (unpaired) electrons. The van der Waals surface area contributed by atoms with Crippen molar-refractivity contribution in [3.8, 4) is 17.2 Å². The van der Waals surface area contributed by atoms with E-state index in [4.69, 9.17) is 18.9 Å². The number of hydrogen-bond acceptors (Lipinski definition) is 6. The first-order valence-corrected chi connectivity index (χ1v) is 8.92. The van der Waals surface area contributed by atoms with E-state index in [0.717, 1.165) is 5.56 Å². The second kappa shape index (κ2) is 10.8. The topological polar surface area (TPSA) is 69.2 Å². The Kier molecular flexibility index (Phi) is 8.39. The highest BCUT2D eigenvalue weighted by Crippen LogP contribution is 2.38. The van der Waals surface area contributed by atoms with Gasteiger partial charge in [0.1, 0.15) is 0 Å². The second-order valence-corrected chi connectivity index (χ2v) is 6.24. The Morgan fingerprint density at radius 3 is 2.15 bits per heavy atom. The predicted molar refractivity (Wildman–Crippen MR) is 105 cm³/mol. The molecule has 6 heteroatoms. The number of nitrogens with one attached hydrogen (secondary N) is 1. The van der Waals surface area contributed by atoms with Crippen molar-refractivity contribution in [1.82, 2.24) is 5.32 Å². The summed E-state index contributed by atoms with van der Waals surface area (Å²) in [6.07, 6.45) is -0.599. The van der Waals surface area contributed by atoms with Crippen LogP contribution in [-0.4, -0.2) is 45.7 Å². The van der Waals surface area contributed by atoms with Crippen LogP contribution in [0.25, 0.3) is 0 Å². The second-order valence-electron chi connectivity index (χ2n) is 6.24. The average Bonchev–Trinajstić information content (AvgIpc) is 2.71. The molecule has 6 nitrogen and oxygen atoms in total. The molecule has 0 fully saturated rings. The molecule has 0 bridgehead atoms. The molecule has 0 saturated carbocycles. The fourth-order valence-electron chi connectivity index (χ4n) is 2.76. The highest BCUT2D eigenvalue weighted by atomic mass is 16.5. The molecule has 2 aromatic carbocycles. The molecule has 2 N–H and O–H groups in total. The zero-order chi connectivity index (χ0) is 19.6. The fourth-order valence-corrected chi connectivity index (χ4v) is 2.76. The quantitative estimate of drug-likeness (QED) is 0.629. The van der Waals surface area contributed by atoms with E-state index in [2.05, 4.69) is 24.4 Å². The van der Waals surface area contributed by atoms with Crippen molar-refractivity contribution in [2.24, 2.45) is 0 Å². The summed E-state index contributed by atoms with van der Waals surface area (Å²) in [6, 6.07) is 14.0. The molecule has 2 aromatic rings. The summed E-state index contributed by atoms with van der Waals surface area (Å²) in [7, 11) is 4.72. The average molecular weight is 375 g/mol. The van der Waals surface area contributed by atoms with E-state index < -0.39 is 6.10 Å². The lowest BCUT2D eigenvalue weighted by Gasteiger charge is -2.18. The standard InChI is InChI=1S/C21H29NO5/c1-15(17-8-6-5-7-9-17)22-12-18(23)14-27-13-16-10-19(24-2)21(26-4)20(11-16)25-3/h5-11,15,18,22-23H,12-14H2,1-4H3/t15-,18-/m0/s1. The van der Waals surface area contributed by atoms with Crippen molar-refractivity contribution in [1.29, 1.82) is 0 Å². The third kappa shape index (κ3) is 6.13. The first kappa shape index (κ1) is 21.0. The van der Waals surface area contributed by atoms with Crippen molar-refractivity contribution in [2.75, 3.05) is 34.5 Å². The van der Waals surface area contributed by atoms with E-state index in [9.17, 15) is 5.11 Å². The van der Waals surface area contributed by atoms with E-state index in [1.807, 2.05) is 30.3 Å². The summed E-state index contributed by atoms with van der Waals surface area (Å²) >= 11 is 0. The lowest BCUT2D eigenvalue weighted by molar-refractivity contribution is 0.0277. The van der Waals surface area contributed by atoms with Gasteiger partial charge in [-0.1, -0.05) is 30.3 Å². The Bertz CT molecular complexity index is 667. The van der Waals surface area contributed by atoms with Gasteiger partial charge >= 0.3 is 0 Å². The molecule has 0 spiro atoms. The third-order valence-electron chi connectivity index (χ3n) is 4.26. The number of aliphatic hydroxyl groups is 1. The Hall–Kier alpha value is -2.28. The Morgan fingerprint density at radius 1 is 0.963 bits per heavy atom. The minimum Gasteiger partial charge on any atom is -0.493 e. The Balaban J connectivity index is 1.81. The number of hydrogen-bond donors (Lipinski definition) is 2. The maximum Gasteiger partial charge on any atom is 0.203 e. The van der Waals surface area contributed by atoms with Gasteiger partial charge in [0.25, 0.3) is 0 Å². The molecular formula is C21H29NO5. The highest BCUT2D eigenvalue weighted by Gasteiger charge is 2.14. The SMILES string of the molecule is COc1cc(COC[C@@H](O)CN[C@@H](C)c2ccccc2)cc(OC)c1OC. The normalized spacial score (nSPS) is 13.1. The van der Waals surface area contributed by atoms with Crippen LogP contribution in [0.4, 0.5) is 0 Å². The van der Waals surface area contributed by atoms with E-state index in [0.29, 0.717) is 30.4 Å². The summed E-state index contributed by atoms with van der Waals surface area (Å²) < 4.78 is 21.6. The van der Waals surface area contributed by atoms with Gasteiger partial charge in [0, 0.05) is 12.6 Å². The van der Waals surface area contributed by atoms with Crippen LogP contribution in [0.3, 0.4) is 0 Å². The van der Waals surface area contributed by atoms with Gasteiger partial charge in [0.2, 0.25) is 5.75 Å². The van der Waals surface area contributed by atoms with E-state index in [1.54, 1.807) is 21.3 Å². The highest BCUT2D eigenvalue weighted by molar-refractivity contribution is 5.53. The maximum atomic E-state index is 10.1. The molecule has 0 aliphatic rings. The third-order valence-corrected chi connectivity index (χ3v) is 4.26. The fraction of sp³-hybridized carbons (Fsp3) is 0.429. The predicted octanol–water partition coefficient (Wildman–Crippen LogP) is 2.94. The molecule has 0 unspecified atom stereocenters. The van der Waals surface area contributed by atoms with E-state index in [-0.39, 0.29) is 12.6 Å². The van der Waals surface area contributed by atoms with Crippen LogP contribution in [0.15, 0.2) is 42.5 Å². The van der Waals surface area contributed by atoms with Crippen molar-refractivity contribution < 1.29 is 24.1 Å². The zero-order valence-corrected chi connectivity index (χ0v) is 16.4. The Labute approximate surface area is 161 Å². The molecule has 27 heavy (non-hydrogen) atoms. The minimum absolute atomic E-state index is 0.163. The summed E-state index contributed by atoms with van der Waals surface area (Å²) in [5.41, 5.74) is 2.06. The van der Waals surface area contributed by atoms with Gasteiger partial charge in [-0.3, -0.25) is 0 Å². The van der Waals surface area contributed by atoms with Crippen LogP contribution in [0.5, 0.6) is 17.2 Å². The molecule has 2 rings (SSSR count). The van der Waals surface area contributed by atoms with Gasteiger partial charge in [0.15, 0.2) is 11.5 Å². The van der Waals surface area contributed by atoms with Gasteiger partial charge < -0.3 is 29.4 Å². The number of rotatable bonds is 11. The molecule has 0 aliphatic heterocycles. The lowest BCUT2D eigenvalue weighted by atomic mass is 10.1. The first-order chi connectivity index (χ1) is 13.1. The Morgan fingerprint density at radius 2 is 1.59 bits per heavy atom. The first-order valence-electron chi connectivity index (χ1n) is 8.92. The van der Waals surface area contributed by atoms with Crippen LogP contribution >= 0.6 is 0 Å². The number of aliphatic hydroxyl groups excluding tert-OH is 1. The number of benzene rings is 2. The molecule has 0 amide bonds. The molecule has 0 heterocycles.